The number of carbonyl (C=O) groups excluding carboxylic acids is 1. The zero-order valence-corrected chi connectivity index (χ0v) is 18.8. The Bertz CT molecular complexity index is 1160. The van der Waals surface area contributed by atoms with Gasteiger partial charge < -0.3 is 9.47 Å². The van der Waals surface area contributed by atoms with Crippen LogP contribution in [0.3, 0.4) is 0 Å². The second kappa shape index (κ2) is 9.86. The maximum Gasteiger partial charge on any atom is 0.270 e. The van der Waals surface area contributed by atoms with Crippen molar-refractivity contribution in [2.75, 3.05) is 19.0 Å². The number of rotatable bonds is 9. The molecule has 9 nitrogen and oxygen atoms in total. The molecule has 3 aromatic rings. The number of nitrogens with one attached hydrogen (secondary N) is 2. The monoisotopic (exact) mass is 462 g/mol. The predicted octanol–water partition coefficient (Wildman–Crippen LogP) is 2.98. The number of aromatic nitrogens is 2. The SMILES string of the molecule is CCOc1cc(CNS(=O)(=O)c2nnc(NC(=O)c3ccc(C)cc3)s2)ccc1OC. The molecule has 0 spiro atoms. The molecule has 0 fully saturated rings. The summed E-state index contributed by atoms with van der Waals surface area (Å²) in [7, 11) is -2.38. The lowest BCUT2D eigenvalue weighted by molar-refractivity contribution is 0.102. The first kappa shape index (κ1) is 22.7. The molecule has 164 valence electrons. The molecule has 0 atom stereocenters. The molecule has 0 saturated carbocycles. The van der Waals surface area contributed by atoms with Crippen molar-refractivity contribution in [1.29, 1.82) is 0 Å². The number of hydrogen-bond donors (Lipinski definition) is 2. The topological polar surface area (TPSA) is 120 Å². The maximum atomic E-state index is 12.6. The summed E-state index contributed by atoms with van der Waals surface area (Å²) in [6.45, 7) is 4.24. The number of sulfonamides is 1. The second-order valence-electron chi connectivity index (χ2n) is 6.44. The molecule has 2 aromatic carbocycles. The summed E-state index contributed by atoms with van der Waals surface area (Å²) in [5.41, 5.74) is 2.15. The van der Waals surface area contributed by atoms with E-state index in [-0.39, 0.29) is 16.0 Å². The van der Waals surface area contributed by atoms with Crippen LogP contribution >= 0.6 is 11.3 Å². The fourth-order valence-electron chi connectivity index (χ4n) is 2.58. The molecular weight excluding hydrogens is 440 g/mol. The van der Waals surface area contributed by atoms with Crippen LogP contribution in [0.4, 0.5) is 5.13 Å². The Morgan fingerprint density at radius 2 is 1.84 bits per heavy atom. The van der Waals surface area contributed by atoms with Crippen LogP contribution in [0.25, 0.3) is 0 Å². The molecule has 1 aromatic heterocycles. The van der Waals surface area contributed by atoms with Gasteiger partial charge in [0.2, 0.25) is 9.47 Å². The number of methoxy groups -OCH3 is 1. The zero-order chi connectivity index (χ0) is 22.4. The number of nitrogens with zero attached hydrogens (tertiary/aromatic N) is 2. The lowest BCUT2D eigenvalue weighted by Gasteiger charge is -2.11. The summed E-state index contributed by atoms with van der Waals surface area (Å²) in [6, 6.07) is 12.1. The maximum absolute atomic E-state index is 12.6. The number of amides is 1. The third-order valence-electron chi connectivity index (χ3n) is 4.16. The van der Waals surface area contributed by atoms with Gasteiger partial charge in [-0.25, -0.2) is 13.1 Å². The normalized spacial score (nSPS) is 11.2. The number of ether oxygens (including phenoxy) is 2. The first-order valence-corrected chi connectivity index (χ1v) is 11.6. The van der Waals surface area contributed by atoms with E-state index in [1.165, 1.54) is 7.11 Å². The first-order chi connectivity index (χ1) is 14.8. The van der Waals surface area contributed by atoms with E-state index in [0.717, 1.165) is 16.9 Å². The third-order valence-corrected chi connectivity index (χ3v) is 6.77. The Kier molecular flexibility index (Phi) is 7.21. The number of benzene rings is 2. The minimum Gasteiger partial charge on any atom is -0.493 e. The van der Waals surface area contributed by atoms with Crippen molar-refractivity contribution < 1.29 is 22.7 Å². The van der Waals surface area contributed by atoms with Gasteiger partial charge in [0.1, 0.15) is 0 Å². The largest absolute Gasteiger partial charge is 0.493 e. The van der Waals surface area contributed by atoms with Crippen LogP contribution in [-0.2, 0) is 16.6 Å². The van der Waals surface area contributed by atoms with E-state index in [0.29, 0.717) is 29.2 Å². The van der Waals surface area contributed by atoms with E-state index in [2.05, 4.69) is 20.2 Å². The average molecular weight is 463 g/mol. The van der Waals surface area contributed by atoms with Crippen molar-refractivity contribution in [3.05, 3.63) is 59.2 Å². The summed E-state index contributed by atoms with van der Waals surface area (Å²) >= 11 is 0.769. The summed E-state index contributed by atoms with van der Waals surface area (Å²) in [5, 5.41) is 10.1. The van der Waals surface area contributed by atoms with Crippen LogP contribution in [0.1, 0.15) is 28.4 Å². The first-order valence-electron chi connectivity index (χ1n) is 9.33. The van der Waals surface area contributed by atoms with E-state index in [9.17, 15) is 13.2 Å². The van der Waals surface area contributed by atoms with Gasteiger partial charge in [-0.05, 0) is 43.7 Å². The number of hydrogen-bond acceptors (Lipinski definition) is 8. The molecule has 0 unspecified atom stereocenters. The van der Waals surface area contributed by atoms with Crippen molar-refractivity contribution in [2.24, 2.45) is 0 Å². The lowest BCUT2D eigenvalue weighted by Crippen LogP contribution is -2.23. The van der Waals surface area contributed by atoms with E-state index in [1.54, 1.807) is 30.3 Å². The molecule has 0 radical (unpaired) electrons. The van der Waals surface area contributed by atoms with E-state index in [1.807, 2.05) is 26.0 Å². The van der Waals surface area contributed by atoms with Crippen molar-refractivity contribution in [3.8, 4) is 11.5 Å². The third kappa shape index (κ3) is 5.78. The van der Waals surface area contributed by atoms with Crippen LogP contribution in [-0.4, -0.2) is 38.2 Å². The van der Waals surface area contributed by atoms with E-state index >= 15 is 0 Å². The molecule has 3 rings (SSSR count). The van der Waals surface area contributed by atoms with Gasteiger partial charge in [0.15, 0.2) is 11.5 Å². The van der Waals surface area contributed by atoms with Crippen molar-refractivity contribution in [1.82, 2.24) is 14.9 Å². The highest BCUT2D eigenvalue weighted by Crippen LogP contribution is 2.28. The smallest absolute Gasteiger partial charge is 0.270 e. The Balaban J connectivity index is 1.66. The van der Waals surface area contributed by atoms with E-state index in [4.69, 9.17) is 9.47 Å². The summed E-state index contributed by atoms with van der Waals surface area (Å²) in [5.74, 6) is 0.694. The van der Waals surface area contributed by atoms with Gasteiger partial charge in [-0.15, -0.1) is 10.2 Å². The second-order valence-corrected chi connectivity index (χ2v) is 9.35. The van der Waals surface area contributed by atoms with Gasteiger partial charge in [-0.2, -0.15) is 0 Å². The van der Waals surface area contributed by atoms with Gasteiger partial charge in [0.05, 0.1) is 13.7 Å². The number of aryl methyl sites for hydroxylation is 1. The van der Waals surface area contributed by atoms with Crippen molar-refractivity contribution in [2.45, 2.75) is 24.7 Å². The molecule has 0 bridgehead atoms. The average Bonchev–Trinajstić information content (AvgIpc) is 3.23. The molecule has 0 saturated heterocycles. The Morgan fingerprint density at radius 1 is 1.10 bits per heavy atom. The van der Waals surface area contributed by atoms with E-state index < -0.39 is 15.9 Å². The fraction of sp³-hybridized carbons (Fsp3) is 0.250. The van der Waals surface area contributed by atoms with Gasteiger partial charge >= 0.3 is 0 Å². The quantitative estimate of drug-likeness (QED) is 0.469. The minimum absolute atomic E-state index is 0.0248. The molecule has 1 heterocycles. The van der Waals surface area contributed by atoms with Crippen molar-refractivity contribution in [3.63, 3.8) is 0 Å². The standard InChI is InChI=1S/C20H22N4O5S2/c1-4-29-17-11-14(7-10-16(17)28-3)12-21-31(26,27)20-24-23-19(30-20)22-18(25)15-8-5-13(2)6-9-15/h5-11,21H,4,12H2,1-3H3,(H,22,23,25). The molecule has 31 heavy (non-hydrogen) atoms. The minimum atomic E-state index is -3.91. The van der Waals surface area contributed by atoms with Gasteiger partial charge in [0, 0.05) is 12.1 Å². The predicted molar refractivity (Wildman–Crippen MR) is 117 cm³/mol. The zero-order valence-electron chi connectivity index (χ0n) is 17.2. The molecule has 1 amide bonds. The molecule has 0 aliphatic carbocycles. The van der Waals surface area contributed by atoms with Crippen LogP contribution in [0.2, 0.25) is 0 Å². The summed E-state index contributed by atoms with van der Waals surface area (Å²) < 4.78 is 38.1. The summed E-state index contributed by atoms with van der Waals surface area (Å²) in [4.78, 5) is 12.3. The van der Waals surface area contributed by atoms with Gasteiger partial charge in [-0.3, -0.25) is 10.1 Å². The molecule has 0 aliphatic rings. The molecule has 0 aliphatic heterocycles. The lowest BCUT2D eigenvalue weighted by atomic mass is 10.1. The fourth-order valence-corrected chi connectivity index (χ4v) is 4.54. The molecule has 2 N–H and O–H groups in total. The highest BCUT2D eigenvalue weighted by Gasteiger charge is 2.21. The molecular formula is C20H22N4O5S2. The Morgan fingerprint density at radius 3 is 2.52 bits per heavy atom. The van der Waals surface area contributed by atoms with Crippen LogP contribution in [0.5, 0.6) is 11.5 Å². The van der Waals surface area contributed by atoms with Gasteiger partial charge in [0.25, 0.3) is 15.9 Å². The summed E-state index contributed by atoms with van der Waals surface area (Å²) in [6.07, 6.45) is 0. The van der Waals surface area contributed by atoms with Crippen molar-refractivity contribution >= 4 is 32.4 Å². The van der Waals surface area contributed by atoms with Crippen LogP contribution < -0.4 is 19.5 Å². The van der Waals surface area contributed by atoms with Gasteiger partial charge in [-0.1, -0.05) is 35.1 Å². The highest BCUT2D eigenvalue weighted by atomic mass is 32.2. The highest BCUT2D eigenvalue weighted by molar-refractivity contribution is 7.91. The Labute approximate surface area is 184 Å². The number of anilines is 1. The number of carbonyl (C=O) groups is 1. The Hall–Kier alpha value is -3.02. The van der Waals surface area contributed by atoms with Crippen LogP contribution in [0.15, 0.2) is 46.8 Å². The van der Waals surface area contributed by atoms with Crippen LogP contribution in [0, 0.1) is 6.92 Å². The molecule has 11 heteroatoms.